The third-order valence-electron chi connectivity index (χ3n) is 4.07. The highest BCUT2D eigenvalue weighted by Gasteiger charge is 2.25. The van der Waals surface area contributed by atoms with Crippen molar-refractivity contribution in [3.63, 3.8) is 0 Å². The molecule has 1 fully saturated rings. The second kappa shape index (κ2) is 8.54. The van der Waals surface area contributed by atoms with E-state index in [4.69, 9.17) is 5.73 Å². The number of nitrogens with two attached hydrogens (primary N) is 1. The molecule has 19 heavy (non-hydrogen) atoms. The molecule has 2 unspecified atom stereocenters. The quantitative estimate of drug-likeness (QED) is 0.705. The maximum Gasteiger partial charge on any atom is 0.236 e. The molecule has 0 radical (unpaired) electrons. The van der Waals surface area contributed by atoms with Crippen LogP contribution in [0.1, 0.15) is 52.9 Å². The number of rotatable bonds is 8. The Labute approximate surface area is 118 Å². The summed E-state index contributed by atoms with van der Waals surface area (Å²) in [7, 11) is 0. The summed E-state index contributed by atoms with van der Waals surface area (Å²) in [4.78, 5) is 14.4. The van der Waals surface area contributed by atoms with Crippen molar-refractivity contribution < 1.29 is 4.79 Å². The van der Waals surface area contributed by atoms with E-state index in [-0.39, 0.29) is 11.9 Å². The minimum Gasteiger partial charge on any atom is -0.353 e. The SMILES string of the molecule is CCCCC(N)C(=O)NCC(C(C)C)N1CCCC1. The van der Waals surface area contributed by atoms with Gasteiger partial charge in [0.05, 0.1) is 6.04 Å². The fraction of sp³-hybridized carbons (Fsp3) is 0.933. The smallest absolute Gasteiger partial charge is 0.236 e. The lowest BCUT2D eigenvalue weighted by Crippen LogP contribution is -2.49. The molecule has 1 rings (SSSR count). The van der Waals surface area contributed by atoms with Crippen molar-refractivity contribution in [3.8, 4) is 0 Å². The number of carbonyl (C=O) groups excluding carboxylic acids is 1. The van der Waals surface area contributed by atoms with E-state index in [0.29, 0.717) is 12.0 Å². The van der Waals surface area contributed by atoms with Gasteiger partial charge in [0.2, 0.25) is 5.91 Å². The lowest BCUT2D eigenvalue weighted by atomic mass is 10.0. The Balaban J connectivity index is 2.36. The van der Waals surface area contributed by atoms with Crippen LogP contribution in [0.3, 0.4) is 0 Å². The molecule has 0 aromatic carbocycles. The minimum absolute atomic E-state index is 0.0123. The summed E-state index contributed by atoms with van der Waals surface area (Å²) >= 11 is 0. The molecule has 0 aromatic heterocycles. The predicted octanol–water partition coefficient (Wildman–Crippen LogP) is 1.74. The normalized spacial score (nSPS) is 19.6. The van der Waals surface area contributed by atoms with Crippen molar-refractivity contribution in [2.75, 3.05) is 19.6 Å². The maximum absolute atomic E-state index is 11.9. The molecule has 4 nitrogen and oxygen atoms in total. The molecule has 0 spiro atoms. The molecule has 0 aromatic rings. The van der Waals surface area contributed by atoms with Gasteiger partial charge in [-0.15, -0.1) is 0 Å². The second-order valence-corrected chi connectivity index (χ2v) is 6.05. The largest absolute Gasteiger partial charge is 0.353 e. The first-order valence-corrected chi connectivity index (χ1v) is 7.83. The third-order valence-corrected chi connectivity index (χ3v) is 4.07. The van der Waals surface area contributed by atoms with Crippen molar-refractivity contribution in [2.45, 2.75) is 65.0 Å². The van der Waals surface area contributed by atoms with Gasteiger partial charge in [0, 0.05) is 12.6 Å². The number of hydrogen-bond acceptors (Lipinski definition) is 3. The van der Waals surface area contributed by atoms with Gasteiger partial charge < -0.3 is 11.1 Å². The van der Waals surface area contributed by atoms with Crippen molar-refractivity contribution in [1.29, 1.82) is 0 Å². The molecule has 0 saturated carbocycles. The zero-order valence-electron chi connectivity index (χ0n) is 12.8. The number of nitrogens with one attached hydrogen (secondary N) is 1. The fourth-order valence-electron chi connectivity index (χ4n) is 2.75. The van der Waals surface area contributed by atoms with Gasteiger partial charge in [-0.2, -0.15) is 0 Å². The average Bonchev–Trinajstić information content (AvgIpc) is 2.89. The van der Waals surface area contributed by atoms with E-state index in [1.54, 1.807) is 0 Å². The van der Waals surface area contributed by atoms with Crippen molar-refractivity contribution in [1.82, 2.24) is 10.2 Å². The Morgan fingerprint density at radius 1 is 1.32 bits per heavy atom. The minimum atomic E-state index is -0.341. The third kappa shape index (κ3) is 5.49. The summed E-state index contributed by atoms with van der Waals surface area (Å²) in [6, 6.07) is 0.108. The summed E-state index contributed by atoms with van der Waals surface area (Å²) < 4.78 is 0. The van der Waals surface area contributed by atoms with Crippen LogP contribution < -0.4 is 11.1 Å². The number of unbranched alkanes of at least 4 members (excludes halogenated alkanes) is 1. The van der Waals surface area contributed by atoms with Crippen LogP contribution in [0.25, 0.3) is 0 Å². The van der Waals surface area contributed by atoms with Crippen LogP contribution >= 0.6 is 0 Å². The van der Waals surface area contributed by atoms with E-state index in [2.05, 4.69) is 31.0 Å². The molecule has 1 aliphatic heterocycles. The predicted molar refractivity (Wildman–Crippen MR) is 79.9 cm³/mol. The first-order valence-electron chi connectivity index (χ1n) is 7.83. The van der Waals surface area contributed by atoms with Gasteiger partial charge in [-0.25, -0.2) is 0 Å². The molecule has 1 heterocycles. The second-order valence-electron chi connectivity index (χ2n) is 6.05. The summed E-state index contributed by atoms with van der Waals surface area (Å²) in [5, 5.41) is 3.04. The number of carbonyl (C=O) groups is 1. The highest BCUT2D eigenvalue weighted by atomic mass is 16.2. The van der Waals surface area contributed by atoms with Crippen LogP contribution in [0, 0.1) is 5.92 Å². The molecule has 0 bridgehead atoms. The van der Waals surface area contributed by atoms with Crippen molar-refractivity contribution >= 4 is 5.91 Å². The molecular formula is C15H31N3O. The van der Waals surface area contributed by atoms with Crippen LogP contribution in [-0.4, -0.2) is 42.5 Å². The van der Waals surface area contributed by atoms with Crippen LogP contribution in [0.15, 0.2) is 0 Å². The Kier molecular flexibility index (Phi) is 7.39. The zero-order chi connectivity index (χ0) is 14.3. The topological polar surface area (TPSA) is 58.4 Å². The van der Waals surface area contributed by atoms with Crippen LogP contribution in [0.4, 0.5) is 0 Å². The van der Waals surface area contributed by atoms with Gasteiger partial charge in [0.15, 0.2) is 0 Å². The molecule has 2 atom stereocenters. The van der Waals surface area contributed by atoms with Gasteiger partial charge in [0.25, 0.3) is 0 Å². The molecule has 112 valence electrons. The van der Waals surface area contributed by atoms with Crippen LogP contribution in [0.5, 0.6) is 0 Å². The Hall–Kier alpha value is -0.610. The first-order chi connectivity index (χ1) is 9.06. The summed E-state index contributed by atoms with van der Waals surface area (Å²) in [5.41, 5.74) is 5.89. The molecule has 1 saturated heterocycles. The monoisotopic (exact) mass is 269 g/mol. The number of hydrogen-bond donors (Lipinski definition) is 2. The lowest BCUT2D eigenvalue weighted by Gasteiger charge is -2.31. The van der Waals surface area contributed by atoms with Crippen LogP contribution in [-0.2, 0) is 4.79 Å². The molecule has 1 aliphatic rings. The first kappa shape index (κ1) is 16.4. The average molecular weight is 269 g/mol. The Morgan fingerprint density at radius 2 is 1.95 bits per heavy atom. The summed E-state index contributed by atoms with van der Waals surface area (Å²) in [6.45, 7) is 9.64. The fourth-order valence-corrected chi connectivity index (χ4v) is 2.75. The van der Waals surface area contributed by atoms with Crippen LogP contribution in [0.2, 0.25) is 0 Å². The van der Waals surface area contributed by atoms with E-state index in [9.17, 15) is 4.79 Å². The number of nitrogens with zero attached hydrogens (tertiary/aromatic N) is 1. The highest BCUT2D eigenvalue weighted by Crippen LogP contribution is 2.17. The standard InChI is InChI=1S/C15H31N3O/c1-4-5-8-13(16)15(19)17-11-14(12(2)3)18-9-6-7-10-18/h12-14H,4-11,16H2,1-3H3,(H,17,19). The van der Waals surface area contributed by atoms with Gasteiger partial charge in [0.1, 0.15) is 0 Å². The maximum atomic E-state index is 11.9. The van der Waals surface area contributed by atoms with E-state index in [0.717, 1.165) is 25.8 Å². The Morgan fingerprint density at radius 3 is 2.47 bits per heavy atom. The lowest BCUT2D eigenvalue weighted by molar-refractivity contribution is -0.122. The molecule has 1 amide bonds. The summed E-state index contributed by atoms with van der Waals surface area (Å²) in [6.07, 6.45) is 5.47. The Bertz CT molecular complexity index is 262. The van der Waals surface area contributed by atoms with E-state index in [1.807, 2.05) is 0 Å². The van der Waals surface area contributed by atoms with Crippen molar-refractivity contribution in [3.05, 3.63) is 0 Å². The van der Waals surface area contributed by atoms with Gasteiger partial charge >= 0.3 is 0 Å². The van der Waals surface area contributed by atoms with E-state index in [1.165, 1.54) is 25.9 Å². The molecule has 0 aliphatic carbocycles. The highest BCUT2D eigenvalue weighted by molar-refractivity contribution is 5.81. The number of likely N-dealkylation sites (tertiary alicyclic amines) is 1. The molecule has 4 heteroatoms. The van der Waals surface area contributed by atoms with Gasteiger partial charge in [-0.05, 0) is 38.3 Å². The van der Waals surface area contributed by atoms with Crippen molar-refractivity contribution in [2.24, 2.45) is 11.7 Å². The van der Waals surface area contributed by atoms with E-state index >= 15 is 0 Å². The summed E-state index contributed by atoms with van der Waals surface area (Å²) in [5.74, 6) is 0.573. The van der Waals surface area contributed by atoms with Gasteiger partial charge in [-0.3, -0.25) is 9.69 Å². The van der Waals surface area contributed by atoms with Gasteiger partial charge in [-0.1, -0.05) is 33.6 Å². The molecule has 3 N–H and O–H groups in total. The van der Waals surface area contributed by atoms with E-state index < -0.39 is 0 Å². The molecular weight excluding hydrogens is 238 g/mol. The number of amides is 1. The zero-order valence-corrected chi connectivity index (χ0v) is 12.8.